The van der Waals surface area contributed by atoms with Crippen LogP contribution in [0.4, 0.5) is 19.1 Å². The summed E-state index contributed by atoms with van der Waals surface area (Å²) in [6, 6.07) is 6.21. The van der Waals surface area contributed by atoms with Crippen molar-refractivity contribution in [1.82, 2.24) is 15.1 Å². The number of halogens is 3. The van der Waals surface area contributed by atoms with Gasteiger partial charge in [0, 0.05) is 41.5 Å². The molecule has 3 fully saturated rings. The number of piperidine rings is 1. The predicted octanol–water partition coefficient (Wildman–Crippen LogP) is 5.32. The molecular formula is C26H25F3N4O5. The van der Waals surface area contributed by atoms with Crippen LogP contribution in [0, 0.1) is 0 Å². The van der Waals surface area contributed by atoms with Crippen LogP contribution in [0.2, 0.25) is 0 Å². The van der Waals surface area contributed by atoms with Crippen LogP contribution in [-0.4, -0.2) is 50.8 Å². The first kappa shape index (κ1) is 24.7. The summed E-state index contributed by atoms with van der Waals surface area (Å²) in [7, 11) is 0. The first-order valence-corrected chi connectivity index (χ1v) is 12.6. The van der Waals surface area contributed by atoms with Gasteiger partial charge in [0.2, 0.25) is 5.95 Å². The van der Waals surface area contributed by atoms with E-state index in [1.54, 1.807) is 6.07 Å². The van der Waals surface area contributed by atoms with Gasteiger partial charge >= 0.3 is 12.3 Å². The zero-order valence-electron chi connectivity index (χ0n) is 20.2. The van der Waals surface area contributed by atoms with Crippen LogP contribution in [-0.2, 0) is 11.3 Å². The fourth-order valence-corrected chi connectivity index (χ4v) is 5.57. The predicted molar refractivity (Wildman–Crippen MR) is 127 cm³/mol. The maximum absolute atomic E-state index is 13.0. The number of hydrogen-bond donors (Lipinski definition) is 1. The number of carboxylic acids is 1. The molecule has 1 aromatic carbocycles. The first-order chi connectivity index (χ1) is 18.3. The van der Waals surface area contributed by atoms with Crippen LogP contribution in [0.1, 0.15) is 66.1 Å². The van der Waals surface area contributed by atoms with E-state index in [0.717, 1.165) is 38.5 Å². The van der Waals surface area contributed by atoms with Gasteiger partial charge in [-0.3, -0.25) is 0 Å². The number of ether oxygens (including phenoxy) is 2. The summed E-state index contributed by atoms with van der Waals surface area (Å²) in [5, 5.41) is 13.3. The quantitative estimate of drug-likeness (QED) is 0.414. The number of carboxylic acid groups (broad SMARTS) is 1. The molecule has 1 N–H and O–H groups in total. The highest BCUT2D eigenvalue weighted by molar-refractivity contribution is 5.86. The standard InChI is InChI=1S/C26H25F3N4O5/c27-26(28,29)37-21-4-2-1-3-19(21)22-20(23(38-32-22)14-5-6-14)13-36-18-9-16-7-8-17(10-18)33(16)25-30-11-15(12-31-25)24(34)35/h1-4,11-12,14,16-18H,5-10,13H2,(H,34,35). The fraction of sp³-hybridized carbons (Fsp3) is 0.462. The van der Waals surface area contributed by atoms with Gasteiger partial charge in [0.1, 0.15) is 17.2 Å². The molecule has 2 saturated heterocycles. The van der Waals surface area contributed by atoms with Crippen molar-refractivity contribution in [1.29, 1.82) is 0 Å². The van der Waals surface area contributed by atoms with E-state index in [9.17, 15) is 18.0 Å². The van der Waals surface area contributed by atoms with Gasteiger partial charge in [0.05, 0.1) is 18.3 Å². The molecule has 4 heterocycles. The summed E-state index contributed by atoms with van der Waals surface area (Å²) in [4.78, 5) is 21.8. The molecule has 38 heavy (non-hydrogen) atoms. The van der Waals surface area contributed by atoms with Crippen LogP contribution in [0.3, 0.4) is 0 Å². The van der Waals surface area contributed by atoms with Crippen molar-refractivity contribution in [2.24, 2.45) is 0 Å². The highest BCUT2D eigenvalue weighted by Crippen LogP contribution is 2.46. The van der Waals surface area contributed by atoms with Gasteiger partial charge in [-0.2, -0.15) is 0 Å². The van der Waals surface area contributed by atoms with E-state index in [1.807, 2.05) is 0 Å². The molecule has 2 aliphatic heterocycles. The largest absolute Gasteiger partial charge is 0.573 e. The summed E-state index contributed by atoms with van der Waals surface area (Å²) in [5.74, 6) is -0.0433. The second-order valence-corrected chi connectivity index (χ2v) is 9.97. The summed E-state index contributed by atoms with van der Waals surface area (Å²) < 4.78 is 55.3. The summed E-state index contributed by atoms with van der Waals surface area (Å²) in [5.41, 5.74) is 1.21. The Morgan fingerprint density at radius 2 is 1.76 bits per heavy atom. The van der Waals surface area contributed by atoms with Crippen molar-refractivity contribution in [3.63, 3.8) is 0 Å². The SMILES string of the molecule is O=C(O)c1cnc(N2C3CCC2CC(OCc2c(-c4ccccc4OC(F)(F)F)noc2C2CC2)C3)nc1. The second kappa shape index (κ2) is 9.57. The molecular weight excluding hydrogens is 505 g/mol. The van der Waals surface area contributed by atoms with Crippen LogP contribution in [0.5, 0.6) is 5.75 Å². The Hall–Kier alpha value is -3.67. The Labute approximate surface area is 215 Å². The van der Waals surface area contributed by atoms with Crippen molar-refractivity contribution in [3.05, 3.63) is 53.5 Å². The number of fused-ring (bicyclic) bond motifs is 2. The molecule has 3 aliphatic rings. The van der Waals surface area contributed by atoms with Gasteiger partial charge in [-0.05, 0) is 50.7 Å². The maximum atomic E-state index is 13.0. The van der Waals surface area contributed by atoms with Crippen molar-refractivity contribution in [3.8, 4) is 17.0 Å². The normalized spacial score (nSPS) is 23.0. The van der Waals surface area contributed by atoms with Crippen molar-refractivity contribution >= 4 is 11.9 Å². The zero-order chi connectivity index (χ0) is 26.4. The second-order valence-electron chi connectivity index (χ2n) is 9.97. The van der Waals surface area contributed by atoms with Crippen molar-refractivity contribution in [2.75, 3.05) is 4.90 Å². The number of aromatic carboxylic acids is 1. The molecule has 2 bridgehead atoms. The zero-order valence-corrected chi connectivity index (χ0v) is 20.2. The van der Waals surface area contributed by atoms with Gasteiger partial charge in [-0.15, -0.1) is 13.2 Å². The van der Waals surface area contributed by atoms with Gasteiger partial charge in [0.15, 0.2) is 0 Å². The first-order valence-electron chi connectivity index (χ1n) is 12.6. The minimum Gasteiger partial charge on any atom is -0.478 e. The average Bonchev–Trinajstić information content (AvgIpc) is 3.58. The number of rotatable bonds is 8. The lowest BCUT2D eigenvalue weighted by molar-refractivity contribution is -0.274. The number of hydrogen-bond acceptors (Lipinski definition) is 8. The molecule has 1 aliphatic carbocycles. The molecule has 0 radical (unpaired) electrons. The van der Waals surface area contributed by atoms with Gasteiger partial charge in [-0.1, -0.05) is 17.3 Å². The van der Waals surface area contributed by atoms with Crippen LogP contribution >= 0.6 is 0 Å². The number of nitrogens with zero attached hydrogens (tertiary/aromatic N) is 4. The highest BCUT2D eigenvalue weighted by atomic mass is 19.4. The highest BCUT2D eigenvalue weighted by Gasteiger charge is 2.43. The molecule has 3 aromatic rings. The fourth-order valence-electron chi connectivity index (χ4n) is 5.57. The molecule has 0 amide bonds. The molecule has 12 heteroatoms. The Kier molecular flexibility index (Phi) is 6.21. The Morgan fingerprint density at radius 3 is 2.39 bits per heavy atom. The smallest absolute Gasteiger partial charge is 0.478 e. The van der Waals surface area contributed by atoms with E-state index < -0.39 is 12.3 Å². The summed E-state index contributed by atoms with van der Waals surface area (Å²) in [6.07, 6.45) is 2.96. The number of anilines is 1. The van der Waals surface area contributed by atoms with Crippen molar-refractivity contribution < 1.29 is 37.1 Å². The number of benzene rings is 1. The lowest BCUT2D eigenvalue weighted by Gasteiger charge is -2.38. The third-order valence-electron chi connectivity index (χ3n) is 7.40. The summed E-state index contributed by atoms with van der Waals surface area (Å²) >= 11 is 0. The van der Waals surface area contributed by atoms with E-state index in [2.05, 4.69) is 24.8 Å². The van der Waals surface area contributed by atoms with Crippen LogP contribution in [0.15, 0.2) is 41.2 Å². The molecule has 2 atom stereocenters. The van der Waals surface area contributed by atoms with E-state index >= 15 is 0 Å². The van der Waals surface area contributed by atoms with Crippen molar-refractivity contribution in [2.45, 2.75) is 75.6 Å². The van der Waals surface area contributed by atoms with Crippen LogP contribution in [0.25, 0.3) is 11.3 Å². The lowest BCUT2D eigenvalue weighted by Crippen LogP contribution is -2.46. The number of aromatic nitrogens is 3. The molecule has 2 aromatic heterocycles. The molecule has 200 valence electrons. The van der Waals surface area contributed by atoms with E-state index in [0.29, 0.717) is 23.0 Å². The number of alkyl halides is 3. The van der Waals surface area contributed by atoms with Crippen LogP contribution < -0.4 is 9.64 Å². The van der Waals surface area contributed by atoms with E-state index in [1.165, 1.54) is 30.6 Å². The topological polar surface area (TPSA) is 111 Å². The minimum atomic E-state index is -4.83. The third kappa shape index (κ3) is 4.92. The monoisotopic (exact) mass is 530 g/mol. The van der Waals surface area contributed by atoms with Gasteiger partial charge in [0.25, 0.3) is 0 Å². The Balaban J connectivity index is 1.19. The van der Waals surface area contributed by atoms with Gasteiger partial charge < -0.3 is 24.0 Å². The number of para-hydroxylation sites is 1. The Bertz CT molecular complexity index is 1310. The average molecular weight is 531 g/mol. The molecule has 1 saturated carbocycles. The molecule has 9 nitrogen and oxygen atoms in total. The third-order valence-corrected chi connectivity index (χ3v) is 7.40. The van der Waals surface area contributed by atoms with Gasteiger partial charge in [-0.25, -0.2) is 14.8 Å². The maximum Gasteiger partial charge on any atom is 0.573 e. The number of carbonyl (C=O) groups is 1. The molecule has 2 unspecified atom stereocenters. The Morgan fingerprint density at radius 1 is 1.08 bits per heavy atom. The van der Waals surface area contributed by atoms with E-state index in [4.69, 9.17) is 14.4 Å². The molecule has 0 spiro atoms. The minimum absolute atomic E-state index is 0.0394. The summed E-state index contributed by atoms with van der Waals surface area (Å²) in [6.45, 7) is 0.166. The molecule has 6 rings (SSSR count). The lowest BCUT2D eigenvalue weighted by atomic mass is 9.99. The van der Waals surface area contributed by atoms with E-state index in [-0.39, 0.29) is 47.6 Å².